The maximum atomic E-state index is 12.5. The Bertz CT molecular complexity index is 873. The molecule has 150 valence electrons. The Morgan fingerprint density at radius 2 is 2.14 bits per heavy atom. The van der Waals surface area contributed by atoms with Crippen molar-refractivity contribution < 1.29 is 9.59 Å². The first kappa shape index (κ1) is 18.8. The molecule has 1 aromatic heterocycles. The van der Waals surface area contributed by atoms with Crippen LogP contribution in [0, 0.1) is 18.8 Å². The van der Waals surface area contributed by atoms with Crippen LogP contribution in [0.2, 0.25) is 0 Å². The molecule has 0 unspecified atom stereocenters. The molecule has 1 aromatic carbocycles. The number of fused-ring (bicyclic) bond motifs is 1. The third-order valence-corrected chi connectivity index (χ3v) is 5.80. The van der Waals surface area contributed by atoms with E-state index in [1.54, 1.807) is 11.9 Å². The van der Waals surface area contributed by atoms with E-state index in [9.17, 15) is 9.59 Å². The monoisotopic (exact) mass is 383 g/mol. The van der Waals surface area contributed by atoms with Crippen LogP contribution in [0.5, 0.6) is 0 Å². The normalized spacial score (nSPS) is 19.6. The predicted molar refractivity (Wildman–Crippen MR) is 108 cm³/mol. The van der Waals surface area contributed by atoms with Crippen LogP contribution in [-0.2, 0) is 11.3 Å². The van der Waals surface area contributed by atoms with Gasteiger partial charge in [-0.2, -0.15) is 0 Å². The number of para-hydroxylation sites is 1. The number of H-pyrrole nitrogens is 1. The van der Waals surface area contributed by atoms with Crippen molar-refractivity contribution in [3.63, 3.8) is 0 Å². The maximum absolute atomic E-state index is 12.5. The van der Waals surface area contributed by atoms with Crippen molar-refractivity contribution in [1.29, 1.82) is 0 Å². The summed E-state index contributed by atoms with van der Waals surface area (Å²) in [5.74, 6) is 1.70. The molecule has 0 radical (unpaired) electrons. The Morgan fingerprint density at radius 1 is 1.32 bits per heavy atom. The first-order chi connectivity index (χ1) is 13.5. The number of urea groups is 1. The molecule has 2 heterocycles. The Hall–Kier alpha value is -2.57. The van der Waals surface area contributed by atoms with Crippen molar-refractivity contribution >= 4 is 23.0 Å². The van der Waals surface area contributed by atoms with E-state index in [-0.39, 0.29) is 11.9 Å². The topological polar surface area (TPSA) is 81.3 Å². The fraction of sp³-hybridized carbons (Fsp3) is 0.571. The molecule has 7 nitrogen and oxygen atoms in total. The van der Waals surface area contributed by atoms with Gasteiger partial charge in [0.05, 0.1) is 17.6 Å². The van der Waals surface area contributed by atoms with Gasteiger partial charge in [0.15, 0.2) is 0 Å². The van der Waals surface area contributed by atoms with E-state index in [2.05, 4.69) is 15.3 Å². The highest BCUT2D eigenvalue weighted by atomic mass is 16.2. The third-order valence-electron chi connectivity index (χ3n) is 5.80. The molecule has 1 aliphatic carbocycles. The number of carbonyl (C=O) groups is 2. The Balaban J connectivity index is 1.28. The lowest BCUT2D eigenvalue weighted by atomic mass is 9.97. The SMILES string of the molecule is Cc1cccc2[nH]c(CN(C)C(=O)NC[C@@H]3CCCN(C(=O)C4CC4)C3)nc12. The highest BCUT2D eigenvalue weighted by Gasteiger charge is 2.35. The molecule has 0 spiro atoms. The van der Waals surface area contributed by atoms with Crippen LogP contribution in [0.4, 0.5) is 4.79 Å². The number of hydrogen-bond donors (Lipinski definition) is 2. The Morgan fingerprint density at radius 3 is 2.89 bits per heavy atom. The molecule has 1 saturated carbocycles. The van der Waals surface area contributed by atoms with Gasteiger partial charge in [-0.1, -0.05) is 12.1 Å². The molecule has 7 heteroatoms. The number of imidazole rings is 1. The van der Waals surface area contributed by atoms with Crippen molar-refractivity contribution in [3.8, 4) is 0 Å². The van der Waals surface area contributed by atoms with E-state index >= 15 is 0 Å². The van der Waals surface area contributed by atoms with Crippen LogP contribution in [0.3, 0.4) is 0 Å². The summed E-state index contributed by atoms with van der Waals surface area (Å²) in [5, 5.41) is 3.03. The minimum atomic E-state index is -0.108. The summed E-state index contributed by atoms with van der Waals surface area (Å²) in [7, 11) is 1.78. The van der Waals surface area contributed by atoms with E-state index in [1.807, 2.05) is 30.0 Å². The van der Waals surface area contributed by atoms with E-state index in [4.69, 9.17) is 0 Å². The van der Waals surface area contributed by atoms with Crippen molar-refractivity contribution in [2.45, 2.75) is 39.2 Å². The molecule has 2 aromatic rings. The van der Waals surface area contributed by atoms with Crippen LogP contribution in [0.1, 0.15) is 37.1 Å². The molecule has 4 rings (SSSR count). The zero-order valence-corrected chi connectivity index (χ0v) is 16.7. The minimum absolute atomic E-state index is 0.108. The summed E-state index contributed by atoms with van der Waals surface area (Å²) in [6, 6.07) is 5.92. The highest BCUT2D eigenvalue weighted by Crippen LogP contribution is 2.32. The first-order valence-corrected chi connectivity index (χ1v) is 10.2. The zero-order chi connectivity index (χ0) is 19.7. The number of rotatable bonds is 5. The lowest BCUT2D eigenvalue weighted by Crippen LogP contribution is -2.46. The summed E-state index contributed by atoms with van der Waals surface area (Å²) < 4.78 is 0. The molecule has 1 aliphatic heterocycles. The highest BCUT2D eigenvalue weighted by molar-refractivity contribution is 5.81. The van der Waals surface area contributed by atoms with Crippen LogP contribution in [0.25, 0.3) is 11.0 Å². The van der Waals surface area contributed by atoms with Crippen LogP contribution >= 0.6 is 0 Å². The standard InChI is InChI=1S/C21H29N5O2/c1-14-5-3-7-17-19(14)24-18(23-17)13-25(2)21(28)22-11-15-6-4-10-26(12-15)20(27)16-8-9-16/h3,5,7,15-16H,4,6,8-13H2,1-2H3,(H,22,28)(H,23,24)/t15-/m0/s1. The summed E-state index contributed by atoms with van der Waals surface area (Å²) >= 11 is 0. The number of aryl methyl sites for hydroxylation is 1. The lowest BCUT2D eigenvalue weighted by Gasteiger charge is -2.33. The van der Waals surface area contributed by atoms with Crippen molar-refractivity contribution in [3.05, 3.63) is 29.6 Å². The number of likely N-dealkylation sites (tertiary alicyclic amines) is 1. The molecule has 2 fully saturated rings. The molecular weight excluding hydrogens is 354 g/mol. The van der Waals surface area contributed by atoms with Gasteiger partial charge < -0.3 is 20.1 Å². The second-order valence-electron chi connectivity index (χ2n) is 8.26. The van der Waals surface area contributed by atoms with Gasteiger partial charge in [-0.15, -0.1) is 0 Å². The van der Waals surface area contributed by atoms with E-state index < -0.39 is 0 Å². The Labute approximate surface area is 165 Å². The van der Waals surface area contributed by atoms with Gasteiger partial charge in [0.25, 0.3) is 0 Å². The molecular formula is C21H29N5O2. The summed E-state index contributed by atoms with van der Waals surface area (Å²) in [5.41, 5.74) is 3.06. The van der Waals surface area contributed by atoms with E-state index in [0.29, 0.717) is 24.9 Å². The van der Waals surface area contributed by atoms with Gasteiger partial charge in [-0.3, -0.25) is 4.79 Å². The second-order valence-corrected chi connectivity index (χ2v) is 8.26. The average Bonchev–Trinajstić information content (AvgIpc) is 3.46. The van der Waals surface area contributed by atoms with Gasteiger partial charge in [-0.25, -0.2) is 9.78 Å². The van der Waals surface area contributed by atoms with Crippen molar-refractivity contribution in [2.75, 3.05) is 26.7 Å². The second kappa shape index (κ2) is 7.81. The van der Waals surface area contributed by atoms with Crippen LogP contribution < -0.4 is 5.32 Å². The molecule has 2 aliphatic rings. The van der Waals surface area contributed by atoms with Gasteiger partial charge in [0.1, 0.15) is 5.82 Å². The number of benzene rings is 1. The van der Waals surface area contributed by atoms with Gasteiger partial charge in [0.2, 0.25) is 5.91 Å². The van der Waals surface area contributed by atoms with Gasteiger partial charge in [0, 0.05) is 32.6 Å². The minimum Gasteiger partial charge on any atom is -0.342 e. The van der Waals surface area contributed by atoms with Gasteiger partial charge in [-0.05, 0) is 50.2 Å². The average molecular weight is 383 g/mol. The van der Waals surface area contributed by atoms with E-state index in [0.717, 1.165) is 61.2 Å². The number of nitrogens with zero attached hydrogens (tertiary/aromatic N) is 3. The van der Waals surface area contributed by atoms with E-state index in [1.165, 1.54) is 0 Å². The number of carbonyl (C=O) groups excluding carboxylic acids is 2. The molecule has 1 atom stereocenters. The van der Waals surface area contributed by atoms with Crippen molar-refractivity contribution in [2.24, 2.45) is 11.8 Å². The smallest absolute Gasteiger partial charge is 0.317 e. The first-order valence-electron chi connectivity index (χ1n) is 10.2. The molecule has 2 N–H and O–H groups in total. The maximum Gasteiger partial charge on any atom is 0.317 e. The van der Waals surface area contributed by atoms with Crippen molar-refractivity contribution in [1.82, 2.24) is 25.1 Å². The number of aromatic nitrogens is 2. The zero-order valence-electron chi connectivity index (χ0n) is 16.7. The Kier molecular flexibility index (Phi) is 5.24. The number of hydrogen-bond acceptors (Lipinski definition) is 3. The number of piperidine rings is 1. The third kappa shape index (κ3) is 4.13. The quantitative estimate of drug-likeness (QED) is 0.833. The number of nitrogens with one attached hydrogen (secondary N) is 2. The fourth-order valence-electron chi connectivity index (χ4n) is 3.98. The molecule has 0 bridgehead atoms. The van der Waals surface area contributed by atoms with Gasteiger partial charge >= 0.3 is 6.03 Å². The van der Waals surface area contributed by atoms with Crippen LogP contribution in [0.15, 0.2) is 18.2 Å². The molecule has 28 heavy (non-hydrogen) atoms. The fourth-order valence-corrected chi connectivity index (χ4v) is 3.98. The summed E-state index contributed by atoms with van der Waals surface area (Å²) in [6.45, 7) is 4.70. The lowest BCUT2D eigenvalue weighted by molar-refractivity contribution is -0.134. The summed E-state index contributed by atoms with van der Waals surface area (Å²) in [4.78, 5) is 36.3. The number of amides is 3. The largest absolute Gasteiger partial charge is 0.342 e. The number of aromatic amines is 1. The predicted octanol–water partition coefficient (Wildman–Crippen LogP) is 2.66. The molecule has 3 amide bonds. The molecule has 1 saturated heterocycles. The van der Waals surface area contributed by atoms with Crippen LogP contribution in [-0.4, -0.2) is 58.4 Å². The summed E-state index contributed by atoms with van der Waals surface area (Å²) in [6.07, 6.45) is 4.17.